The molecule has 0 spiro atoms. The Morgan fingerprint density at radius 2 is 1.73 bits per heavy atom. The van der Waals surface area contributed by atoms with Gasteiger partial charge in [0.05, 0.1) is 5.60 Å². The topological polar surface area (TPSA) is 49.8 Å². The Hall–Kier alpha value is -2.84. The Kier molecular flexibility index (Phi) is 5.92. The van der Waals surface area contributed by atoms with Crippen LogP contribution in [-0.2, 0) is 10.3 Å². The van der Waals surface area contributed by atoms with Crippen molar-refractivity contribution in [3.63, 3.8) is 0 Å². The third-order valence-corrected chi connectivity index (χ3v) is 5.29. The largest absolute Gasteiger partial charge is 0.438 e. The number of aliphatic hydroxyl groups is 1. The number of ether oxygens (including phenoxy) is 1. The van der Waals surface area contributed by atoms with Crippen LogP contribution in [0.25, 0.3) is 0 Å². The zero-order valence-corrected chi connectivity index (χ0v) is 17.9. The van der Waals surface area contributed by atoms with Gasteiger partial charge in [-0.25, -0.2) is 9.18 Å². The summed E-state index contributed by atoms with van der Waals surface area (Å²) in [6.45, 7) is 7.59. The third-order valence-electron chi connectivity index (χ3n) is 5.29. The maximum atomic E-state index is 13.1. The summed E-state index contributed by atoms with van der Waals surface area (Å²) in [5.74, 6) is 5.81. The average Bonchev–Trinajstić information content (AvgIpc) is 2.67. The zero-order valence-electron chi connectivity index (χ0n) is 17.9. The maximum Gasteiger partial charge on any atom is 0.411 e. The number of amides is 1. The van der Waals surface area contributed by atoms with Crippen LogP contribution in [0.5, 0.6) is 0 Å². The van der Waals surface area contributed by atoms with E-state index in [0.717, 1.165) is 5.56 Å². The fraction of sp³-hybridized carbons (Fsp3) is 0.400. The lowest BCUT2D eigenvalue weighted by Crippen LogP contribution is -2.56. The molecular formula is C25H28FNO3. The molecule has 158 valence electrons. The molecule has 0 saturated carbocycles. The van der Waals surface area contributed by atoms with E-state index in [0.29, 0.717) is 24.9 Å². The first-order chi connectivity index (χ1) is 14.0. The minimum atomic E-state index is -1.00. The quantitative estimate of drug-likeness (QED) is 0.734. The van der Waals surface area contributed by atoms with Crippen LogP contribution in [0.1, 0.15) is 51.7 Å². The SMILES string of the molecule is CC(C)(O)CC1(c2ccccc2)CCN(C(C)(C)C#Cc2ccc(F)cc2)C(=O)O1. The predicted molar refractivity (Wildman–Crippen MR) is 114 cm³/mol. The summed E-state index contributed by atoms with van der Waals surface area (Å²) in [5, 5.41) is 10.5. The molecule has 5 heteroatoms. The van der Waals surface area contributed by atoms with Crippen molar-refractivity contribution in [2.45, 2.75) is 57.3 Å². The highest BCUT2D eigenvalue weighted by molar-refractivity contribution is 5.71. The van der Waals surface area contributed by atoms with Crippen LogP contribution in [0.3, 0.4) is 0 Å². The third kappa shape index (κ3) is 5.01. The Balaban J connectivity index is 1.85. The summed E-state index contributed by atoms with van der Waals surface area (Å²) in [5.41, 5.74) is -1.13. The molecule has 1 unspecified atom stereocenters. The lowest BCUT2D eigenvalue weighted by Gasteiger charge is -2.47. The van der Waals surface area contributed by atoms with Crippen LogP contribution < -0.4 is 0 Å². The number of rotatable bonds is 4. The Bertz CT molecular complexity index is 952. The molecule has 1 aliphatic rings. The van der Waals surface area contributed by atoms with Crippen LogP contribution in [0.4, 0.5) is 9.18 Å². The first-order valence-electron chi connectivity index (χ1n) is 10.1. The van der Waals surface area contributed by atoms with Gasteiger partial charge in [-0.15, -0.1) is 0 Å². The van der Waals surface area contributed by atoms with Crippen LogP contribution in [0.15, 0.2) is 54.6 Å². The number of benzene rings is 2. The number of carbonyl (C=O) groups is 1. The first-order valence-corrected chi connectivity index (χ1v) is 10.1. The monoisotopic (exact) mass is 409 g/mol. The molecule has 2 aromatic carbocycles. The molecule has 0 aromatic heterocycles. The van der Waals surface area contributed by atoms with Gasteiger partial charge in [-0.1, -0.05) is 42.2 Å². The second-order valence-corrected chi connectivity index (χ2v) is 8.94. The number of carbonyl (C=O) groups excluding carboxylic acids is 1. The summed E-state index contributed by atoms with van der Waals surface area (Å²) in [6, 6.07) is 15.5. The van der Waals surface area contributed by atoms with Crippen molar-refractivity contribution < 1.29 is 19.0 Å². The highest BCUT2D eigenvalue weighted by Gasteiger charge is 2.47. The molecule has 1 aliphatic heterocycles. The molecule has 1 heterocycles. The van der Waals surface area contributed by atoms with Gasteiger partial charge in [0.15, 0.2) is 0 Å². The smallest absolute Gasteiger partial charge is 0.411 e. The van der Waals surface area contributed by atoms with E-state index in [2.05, 4.69) is 11.8 Å². The van der Waals surface area contributed by atoms with Crippen LogP contribution >= 0.6 is 0 Å². The van der Waals surface area contributed by atoms with Crippen molar-refractivity contribution in [3.05, 3.63) is 71.5 Å². The summed E-state index contributed by atoms with van der Waals surface area (Å²) in [4.78, 5) is 14.7. The molecule has 1 amide bonds. The fourth-order valence-electron chi connectivity index (χ4n) is 3.86. The van der Waals surface area contributed by atoms with Crippen LogP contribution in [0.2, 0.25) is 0 Å². The lowest BCUT2D eigenvalue weighted by molar-refractivity contribution is -0.104. The summed E-state index contributed by atoms with van der Waals surface area (Å²) >= 11 is 0. The van der Waals surface area contributed by atoms with E-state index in [4.69, 9.17) is 4.74 Å². The second-order valence-electron chi connectivity index (χ2n) is 8.94. The second kappa shape index (κ2) is 8.12. The van der Waals surface area contributed by atoms with Gasteiger partial charge in [0.25, 0.3) is 0 Å². The standard InChI is InChI=1S/C25H28FNO3/c1-23(2,15-14-19-10-12-21(26)13-11-19)27-17-16-25(30-22(27)28,18-24(3,4)29)20-8-6-5-7-9-20/h5-13,29H,16-18H2,1-4H3. The number of hydrogen-bond donors (Lipinski definition) is 1. The van der Waals surface area contributed by atoms with E-state index in [9.17, 15) is 14.3 Å². The molecule has 1 fully saturated rings. The molecule has 0 aliphatic carbocycles. The number of halogens is 1. The minimum Gasteiger partial charge on any atom is -0.438 e. The van der Waals surface area contributed by atoms with Gasteiger partial charge in [0, 0.05) is 24.9 Å². The first kappa shape index (κ1) is 21.9. The normalized spacial score (nSPS) is 19.7. The van der Waals surface area contributed by atoms with E-state index >= 15 is 0 Å². The van der Waals surface area contributed by atoms with Crippen molar-refractivity contribution in [1.82, 2.24) is 4.90 Å². The van der Waals surface area contributed by atoms with Crippen molar-refractivity contribution >= 4 is 6.09 Å². The van der Waals surface area contributed by atoms with E-state index in [-0.39, 0.29) is 5.82 Å². The number of hydrogen-bond acceptors (Lipinski definition) is 3. The lowest BCUT2D eigenvalue weighted by atomic mass is 9.80. The van der Waals surface area contributed by atoms with E-state index in [1.165, 1.54) is 12.1 Å². The minimum absolute atomic E-state index is 0.297. The Labute approximate surface area is 177 Å². The molecule has 0 radical (unpaired) electrons. The molecule has 2 aromatic rings. The summed E-state index contributed by atoms with van der Waals surface area (Å²) in [6.07, 6.45) is 0.368. The Morgan fingerprint density at radius 1 is 1.10 bits per heavy atom. The maximum absolute atomic E-state index is 13.1. The van der Waals surface area contributed by atoms with Gasteiger partial charge in [0.1, 0.15) is 17.0 Å². The molecule has 0 bridgehead atoms. The van der Waals surface area contributed by atoms with Gasteiger partial charge >= 0.3 is 6.09 Å². The molecule has 1 N–H and O–H groups in total. The molecule has 1 atom stereocenters. The molecular weight excluding hydrogens is 381 g/mol. The zero-order chi connectivity index (χ0) is 22.0. The molecule has 4 nitrogen and oxygen atoms in total. The van der Waals surface area contributed by atoms with E-state index in [1.807, 2.05) is 44.2 Å². The van der Waals surface area contributed by atoms with Gasteiger partial charge in [-0.3, -0.25) is 4.90 Å². The average molecular weight is 410 g/mol. The van der Waals surface area contributed by atoms with Crippen molar-refractivity contribution in [2.24, 2.45) is 0 Å². The molecule has 30 heavy (non-hydrogen) atoms. The van der Waals surface area contributed by atoms with Gasteiger partial charge in [-0.05, 0) is 57.5 Å². The van der Waals surface area contributed by atoms with Crippen LogP contribution in [0, 0.1) is 17.7 Å². The summed E-state index contributed by atoms with van der Waals surface area (Å²) in [7, 11) is 0. The number of cyclic esters (lactones) is 1. The van der Waals surface area contributed by atoms with Crippen molar-refractivity contribution in [3.8, 4) is 11.8 Å². The molecule has 1 saturated heterocycles. The van der Waals surface area contributed by atoms with E-state index < -0.39 is 22.8 Å². The predicted octanol–water partition coefficient (Wildman–Crippen LogP) is 4.85. The van der Waals surface area contributed by atoms with Crippen molar-refractivity contribution in [1.29, 1.82) is 0 Å². The van der Waals surface area contributed by atoms with Gasteiger partial charge in [0.2, 0.25) is 0 Å². The number of nitrogens with zero attached hydrogens (tertiary/aromatic N) is 1. The summed E-state index contributed by atoms with van der Waals surface area (Å²) < 4.78 is 19.1. The highest BCUT2D eigenvalue weighted by atomic mass is 19.1. The highest BCUT2D eigenvalue weighted by Crippen LogP contribution is 2.41. The van der Waals surface area contributed by atoms with Crippen LogP contribution in [-0.4, -0.2) is 33.8 Å². The van der Waals surface area contributed by atoms with Gasteiger partial charge < -0.3 is 9.84 Å². The van der Waals surface area contributed by atoms with Crippen molar-refractivity contribution in [2.75, 3.05) is 6.54 Å². The van der Waals surface area contributed by atoms with Gasteiger partial charge in [-0.2, -0.15) is 0 Å². The Morgan fingerprint density at radius 3 is 2.30 bits per heavy atom. The molecule has 3 rings (SSSR count). The van der Waals surface area contributed by atoms with E-state index in [1.54, 1.807) is 30.9 Å². The fourth-order valence-corrected chi connectivity index (χ4v) is 3.86.